The van der Waals surface area contributed by atoms with Crippen molar-refractivity contribution in [3.05, 3.63) is 33.3 Å². The van der Waals surface area contributed by atoms with Crippen LogP contribution in [0.4, 0.5) is 0 Å². The molecule has 4 nitrogen and oxygen atoms in total. The maximum absolute atomic E-state index is 10.8. The van der Waals surface area contributed by atoms with Crippen molar-refractivity contribution in [2.24, 2.45) is 0 Å². The normalized spacial score (nSPS) is 11.7. The van der Waals surface area contributed by atoms with Gasteiger partial charge in [0.25, 0.3) is 0 Å². The van der Waals surface area contributed by atoms with Crippen LogP contribution in [0.2, 0.25) is 5.02 Å². The van der Waals surface area contributed by atoms with Crippen molar-refractivity contribution >= 4 is 37.6 Å². The highest BCUT2D eigenvalue weighted by molar-refractivity contribution is 9.10. The molecule has 0 aliphatic carbocycles. The summed E-state index contributed by atoms with van der Waals surface area (Å²) in [6.45, 7) is 1.52. The molecule has 0 atom stereocenters. The highest BCUT2D eigenvalue weighted by Crippen LogP contribution is 2.20. The van der Waals surface area contributed by atoms with E-state index in [2.05, 4.69) is 26.0 Å². The van der Waals surface area contributed by atoms with Crippen molar-refractivity contribution in [1.82, 2.24) is 10.0 Å². The van der Waals surface area contributed by atoms with Gasteiger partial charge >= 0.3 is 0 Å². The molecular formula is C10H14BrClN2O2S. The number of sulfonamides is 1. The summed E-state index contributed by atoms with van der Waals surface area (Å²) >= 11 is 9.38. The SMILES string of the molecule is CS(=O)(=O)NCCNCc1cc(Br)ccc1Cl. The fourth-order valence-electron chi connectivity index (χ4n) is 1.23. The molecule has 17 heavy (non-hydrogen) atoms. The fraction of sp³-hybridized carbons (Fsp3) is 0.400. The first-order valence-corrected chi connectivity index (χ1v) is 8.04. The number of benzene rings is 1. The summed E-state index contributed by atoms with van der Waals surface area (Å²) < 4.78 is 25.0. The summed E-state index contributed by atoms with van der Waals surface area (Å²) in [5.41, 5.74) is 0.973. The van der Waals surface area contributed by atoms with E-state index in [-0.39, 0.29) is 0 Å². The number of rotatable bonds is 6. The van der Waals surface area contributed by atoms with Crippen molar-refractivity contribution in [2.45, 2.75) is 6.54 Å². The Labute approximate surface area is 115 Å². The molecule has 0 saturated heterocycles. The molecule has 0 fully saturated rings. The molecule has 1 aromatic rings. The minimum Gasteiger partial charge on any atom is -0.311 e. The van der Waals surface area contributed by atoms with E-state index in [0.29, 0.717) is 24.7 Å². The molecule has 0 aliphatic rings. The molecular weight excluding hydrogens is 328 g/mol. The molecule has 2 N–H and O–H groups in total. The van der Waals surface area contributed by atoms with Crippen molar-refractivity contribution in [3.63, 3.8) is 0 Å². The highest BCUT2D eigenvalue weighted by atomic mass is 79.9. The van der Waals surface area contributed by atoms with E-state index in [1.807, 2.05) is 18.2 Å². The van der Waals surface area contributed by atoms with E-state index >= 15 is 0 Å². The second-order valence-corrected chi connectivity index (χ2v) is 6.73. The molecule has 0 bridgehead atoms. The Morgan fingerprint density at radius 2 is 2.06 bits per heavy atom. The summed E-state index contributed by atoms with van der Waals surface area (Å²) in [4.78, 5) is 0. The van der Waals surface area contributed by atoms with Gasteiger partial charge in [0.15, 0.2) is 0 Å². The average molecular weight is 342 g/mol. The van der Waals surface area contributed by atoms with Crippen LogP contribution in [0.3, 0.4) is 0 Å². The molecule has 0 radical (unpaired) electrons. The topological polar surface area (TPSA) is 58.2 Å². The third kappa shape index (κ3) is 6.38. The van der Waals surface area contributed by atoms with Crippen LogP contribution in [0.1, 0.15) is 5.56 Å². The molecule has 1 aromatic carbocycles. The molecule has 0 aromatic heterocycles. The Kier molecular flexibility index (Phi) is 5.88. The second-order valence-electron chi connectivity index (χ2n) is 3.58. The fourth-order valence-corrected chi connectivity index (χ4v) is 2.29. The van der Waals surface area contributed by atoms with Gasteiger partial charge in [0.2, 0.25) is 10.0 Å². The summed E-state index contributed by atoms with van der Waals surface area (Å²) in [6.07, 6.45) is 1.14. The van der Waals surface area contributed by atoms with Crippen molar-refractivity contribution in [3.8, 4) is 0 Å². The van der Waals surface area contributed by atoms with Crippen LogP contribution in [0.5, 0.6) is 0 Å². The lowest BCUT2D eigenvalue weighted by Crippen LogP contribution is -2.30. The van der Waals surface area contributed by atoms with Crippen LogP contribution in [0, 0.1) is 0 Å². The van der Waals surface area contributed by atoms with Crippen LogP contribution in [-0.4, -0.2) is 27.8 Å². The Hall–Kier alpha value is -0.140. The van der Waals surface area contributed by atoms with Crippen molar-refractivity contribution in [1.29, 1.82) is 0 Å². The van der Waals surface area contributed by atoms with Crippen LogP contribution < -0.4 is 10.0 Å². The van der Waals surface area contributed by atoms with E-state index < -0.39 is 10.0 Å². The molecule has 0 spiro atoms. The van der Waals surface area contributed by atoms with E-state index in [1.54, 1.807) is 0 Å². The van der Waals surface area contributed by atoms with Gasteiger partial charge in [-0.1, -0.05) is 27.5 Å². The molecule has 0 aliphatic heterocycles. The predicted octanol–water partition coefficient (Wildman–Crippen LogP) is 1.74. The minimum absolute atomic E-state index is 0.366. The van der Waals surface area contributed by atoms with Crippen molar-refractivity contribution < 1.29 is 8.42 Å². The predicted molar refractivity (Wildman–Crippen MR) is 73.7 cm³/mol. The molecule has 7 heteroatoms. The maximum atomic E-state index is 10.8. The quantitative estimate of drug-likeness (QED) is 0.775. The first-order chi connectivity index (χ1) is 7.88. The van der Waals surface area contributed by atoms with Gasteiger partial charge in [-0.05, 0) is 23.8 Å². The molecule has 1 rings (SSSR count). The highest BCUT2D eigenvalue weighted by Gasteiger charge is 2.01. The van der Waals surface area contributed by atoms with E-state index in [4.69, 9.17) is 11.6 Å². The lowest BCUT2D eigenvalue weighted by Gasteiger charge is -2.07. The summed E-state index contributed by atoms with van der Waals surface area (Å²) in [5.74, 6) is 0. The second kappa shape index (κ2) is 6.70. The zero-order valence-corrected chi connectivity index (χ0v) is 12.5. The third-order valence-electron chi connectivity index (χ3n) is 1.99. The Morgan fingerprint density at radius 1 is 1.35 bits per heavy atom. The van der Waals surface area contributed by atoms with Crippen LogP contribution in [0.25, 0.3) is 0 Å². The molecule has 0 saturated carbocycles. The summed E-state index contributed by atoms with van der Waals surface area (Å²) in [5, 5.41) is 3.80. The van der Waals surface area contributed by atoms with Crippen molar-refractivity contribution in [2.75, 3.05) is 19.3 Å². The first kappa shape index (κ1) is 14.9. The summed E-state index contributed by atoms with van der Waals surface area (Å²) in [7, 11) is -3.11. The van der Waals surface area contributed by atoms with E-state index in [0.717, 1.165) is 16.3 Å². The monoisotopic (exact) mass is 340 g/mol. The number of nitrogens with one attached hydrogen (secondary N) is 2. The minimum atomic E-state index is -3.11. The van der Waals surface area contributed by atoms with Gasteiger partial charge in [-0.15, -0.1) is 0 Å². The Balaban J connectivity index is 2.34. The van der Waals surface area contributed by atoms with Crippen LogP contribution >= 0.6 is 27.5 Å². The van der Waals surface area contributed by atoms with Gasteiger partial charge in [0, 0.05) is 29.1 Å². The standard InChI is InChI=1S/C10H14BrClN2O2S/c1-17(15,16)14-5-4-13-7-8-6-9(11)2-3-10(8)12/h2-3,6,13-14H,4-5,7H2,1H3. The molecule has 96 valence electrons. The Bertz CT molecular complexity index is 479. The van der Waals surface area contributed by atoms with Gasteiger partial charge < -0.3 is 5.32 Å². The van der Waals surface area contributed by atoms with E-state index in [9.17, 15) is 8.42 Å². The molecule has 0 amide bonds. The number of hydrogen-bond donors (Lipinski definition) is 2. The first-order valence-electron chi connectivity index (χ1n) is 4.98. The number of hydrogen-bond acceptors (Lipinski definition) is 3. The van der Waals surface area contributed by atoms with Gasteiger partial charge in [0.05, 0.1) is 6.26 Å². The van der Waals surface area contributed by atoms with E-state index in [1.165, 1.54) is 0 Å². The van der Waals surface area contributed by atoms with Crippen LogP contribution in [0.15, 0.2) is 22.7 Å². The number of halogens is 2. The molecule has 0 unspecified atom stereocenters. The molecule has 0 heterocycles. The zero-order valence-electron chi connectivity index (χ0n) is 9.33. The third-order valence-corrected chi connectivity index (χ3v) is 3.58. The van der Waals surface area contributed by atoms with Crippen LogP contribution in [-0.2, 0) is 16.6 Å². The lowest BCUT2D eigenvalue weighted by atomic mass is 10.2. The van der Waals surface area contributed by atoms with Gasteiger partial charge in [0.1, 0.15) is 0 Å². The summed E-state index contributed by atoms with van der Waals surface area (Å²) in [6, 6.07) is 5.62. The van der Waals surface area contributed by atoms with Gasteiger partial charge in [-0.2, -0.15) is 0 Å². The lowest BCUT2D eigenvalue weighted by molar-refractivity contribution is 0.582. The average Bonchev–Trinajstić information content (AvgIpc) is 2.21. The Morgan fingerprint density at radius 3 is 2.71 bits per heavy atom. The van der Waals surface area contributed by atoms with Gasteiger partial charge in [-0.3, -0.25) is 0 Å². The largest absolute Gasteiger partial charge is 0.311 e. The van der Waals surface area contributed by atoms with Gasteiger partial charge in [-0.25, -0.2) is 13.1 Å². The maximum Gasteiger partial charge on any atom is 0.208 e. The zero-order chi connectivity index (χ0) is 12.9. The smallest absolute Gasteiger partial charge is 0.208 e.